The van der Waals surface area contributed by atoms with Crippen LogP contribution >= 0.6 is 0 Å². The van der Waals surface area contributed by atoms with Gasteiger partial charge in [0.05, 0.1) is 12.4 Å². The molecule has 0 unspecified atom stereocenters. The highest BCUT2D eigenvalue weighted by molar-refractivity contribution is 7.93. The zero-order chi connectivity index (χ0) is 14.8. The molecule has 2 fully saturated rings. The summed E-state index contributed by atoms with van der Waals surface area (Å²) in [6, 6.07) is 0. The number of rotatable bonds is 6. The van der Waals surface area contributed by atoms with Gasteiger partial charge in [-0.25, -0.2) is 8.42 Å². The first kappa shape index (κ1) is 15.7. The molecule has 7 heteroatoms. The topological polar surface area (TPSA) is 72.9 Å². The zero-order valence-corrected chi connectivity index (χ0v) is 12.9. The Bertz CT molecular complexity index is 455. The van der Waals surface area contributed by atoms with E-state index in [4.69, 9.17) is 9.47 Å². The van der Waals surface area contributed by atoms with Gasteiger partial charge in [-0.1, -0.05) is 0 Å². The number of carbonyl (C=O) groups excluding carboxylic acids is 1. The molecule has 2 heterocycles. The molecule has 1 spiro atoms. The van der Waals surface area contributed by atoms with Gasteiger partial charge in [-0.2, -0.15) is 0 Å². The third-order valence-corrected chi connectivity index (χ3v) is 6.92. The Kier molecular flexibility index (Phi) is 4.71. The van der Waals surface area contributed by atoms with Crippen molar-refractivity contribution < 1.29 is 22.7 Å². The van der Waals surface area contributed by atoms with E-state index in [1.165, 1.54) is 0 Å². The second-order valence-corrected chi connectivity index (χ2v) is 7.87. The highest BCUT2D eigenvalue weighted by Gasteiger charge is 2.62. The summed E-state index contributed by atoms with van der Waals surface area (Å²) in [6.45, 7) is 5.86. The van der Waals surface area contributed by atoms with Gasteiger partial charge in [0.25, 0.3) is 0 Å². The van der Waals surface area contributed by atoms with Crippen LogP contribution in [-0.4, -0.2) is 69.2 Å². The van der Waals surface area contributed by atoms with Crippen LogP contribution in [0.25, 0.3) is 0 Å². The van der Waals surface area contributed by atoms with Crippen LogP contribution in [0.3, 0.4) is 0 Å². The minimum atomic E-state index is -3.13. The largest absolute Gasteiger partial charge is 0.381 e. The van der Waals surface area contributed by atoms with Crippen LogP contribution in [0.2, 0.25) is 0 Å². The Hall–Kier alpha value is -0.660. The number of nitrogens with zero attached hydrogens (tertiary/aromatic N) is 1. The van der Waals surface area contributed by atoms with Gasteiger partial charge in [-0.15, -0.1) is 0 Å². The van der Waals surface area contributed by atoms with E-state index in [0.717, 1.165) is 0 Å². The Labute approximate surface area is 120 Å². The van der Waals surface area contributed by atoms with Crippen LogP contribution in [0.5, 0.6) is 0 Å². The van der Waals surface area contributed by atoms with Crippen LogP contribution < -0.4 is 0 Å². The maximum atomic E-state index is 12.3. The molecular weight excluding hydrogens is 282 g/mol. The molecule has 0 bridgehead atoms. The standard InChI is InChI=1S/C13H23NO5S/c1-3-18-7-11-5-6-20(16,17)13(11)9-14(10-13)12(15)8-19-4-2/h11H,3-10H2,1-2H3/t11-/m0/s1. The average molecular weight is 305 g/mol. The molecule has 0 saturated carbocycles. The molecule has 1 amide bonds. The van der Waals surface area contributed by atoms with Gasteiger partial charge >= 0.3 is 0 Å². The lowest BCUT2D eigenvalue weighted by molar-refractivity contribution is -0.142. The quantitative estimate of drug-likeness (QED) is 0.694. The number of carbonyl (C=O) groups is 1. The molecule has 2 aliphatic rings. The van der Waals surface area contributed by atoms with Crippen molar-refractivity contribution in [2.24, 2.45) is 5.92 Å². The van der Waals surface area contributed by atoms with Crippen LogP contribution in [-0.2, 0) is 24.1 Å². The van der Waals surface area contributed by atoms with E-state index >= 15 is 0 Å². The van der Waals surface area contributed by atoms with E-state index in [0.29, 0.717) is 39.3 Å². The van der Waals surface area contributed by atoms with Gasteiger partial charge in [-0.3, -0.25) is 4.79 Å². The summed E-state index contributed by atoms with van der Waals surface area (Å²) in [7, 11) is -3.13. The Morgan fingerprint density at radius 2 is 1.90 bits per heavy atom. The summed E-state index contributed by atoms with van der Waals surface area (Å²) in [5.41, 5.74) is 0. The number of amides is 1. The molecule has 0 aromatic rings. The van der Waals surface area contributed by atoms with E-state index in [2.05, 4.69) is 0 Å². The lowest BCUT2D eigenvalue weighted by Crippen LogP contribution is -2.69. The minimum absolute atomic E-state index is 0.00333. The SMILES string of the molecule is CCOCC(=O)N1CC2(C1)[C@H](COCC)CCS2(=O)=O. The van der Waals surface area contributed by atoms with E-state index in [-0.39, 0.29) is 24.2 Å². The number of hydrogen-bond acceptors (Lipinski definition) is 5. The van der Waals surface area contributed by atoms with Crippen molar-refractivity contribution in [2.45, 2.75) is 25.0 Å². The molecule has 1 atom stereocenters. The number of sulfone groups is 1. The molecule has 0 N–H and O–H groups in total. The molecule has 0 aromatic carbocycles. The van der Waals surface area contributed by atoms with Crippen molar-refractivity contribution in [2.75, 3.05) is 45.3 Å². The van der Waals surface area contributed by atoms with Crippen LogP contribution in [0.15, 0.2) is 0 Å². The van der Waals surface area contributed by atoms with E-state index in [9.17, 15) is 13.2 Å². The van der Waals surface area contributed by atoms with Gasteiger partial charge in [-0.05, 0) is 20.3 Å². The van der Waals surface area contributed by atoms with Gasteiger partial charge in [0, 0.05) is 32.2 Å². The molecule has 116 valence electrons. The van der Waals surface area contributed by atoms with Crippen molar-refractivity contribution in [1.82, 2.24) is 4.90 Å². The van der Waals surface area contributed by atoms with Crippen LogP contribution in [0.4, 0.5) is 0 Å². The molecule has 2 aliphatic heterocycles. The molecule has 20 heavy (non-hydrogen) atoms. The fraction of sp³-hybridized carbons (Fsp3) is 0.923. The van der Waals surface area contributed by atoms with Gasteiger partial charge < -0.3 is 14.4 Å². The predicted molar refractivity (Wildman–Crippen MR) is 74.2 cm³/mol. The monoisotopic (exact) mass is 305 g/mol. The lowest BCUT2D eigenvalue weighted by atomic mass is 9.83. The lowest BCUT2D eigenvalue weighted by Gasteiger charge is -2.49. The van der Waals surface area contributed by atoms with Gasteiger partial charge in [0.1, 0.15) is 11.4 Å². The fourth-order valence-electron chi connectivity index (χ4n) is 3.02. The maximum Gasteiger partial charge on any atom is 0.248 e. The molecule has 2 saturated heterocycles. The summed E-state index contributed by atoms with van der Waals surface area (Å²) >= 11 is 0. The fourth-order valence-corrected chi connectivity index (χ4v) is 5.42. The van der Waals surface area contributed by atoms with Crippen LogP contribution in [0, 0.1) is 5.92 Å². The Morgan fingerprint density at radius 3 is 2.50 bits per heavy atom. The van der Waals surface area contributed by atoms with Crippen molar-refractivity contribution in [1.29, 1.82) is 0 Å². The smallest absolute Gasteiger partial charge is 0.248 e. The predicted octanol–water partition coefficient (Wildman–Crippen LogP) is 0.0751. The normalized spacial score (nSPS) is 26.7. The minimum Gasteiger partial charge on any atom is -0.381 e. The summed E-state index contributed by atoms with van der Waals surface area (Å²) < 4.78 is 34.3. The van der Waals surface area contributed by atoms with Crippen molar-refractivity contribution in [3.8, 4) is 0 Å². The zero-order valence-electron chi connectivity index (χ0n) is 12.1. The first-order valence-corrected chi connectivity index (χ1v) is 8.77. The second kappa shape index (κ2) is 5.99. The number of ether oxygens (including phenoxy) is 2. The van der Waals surface area contributed by atoms with E-state index in [1.54, 1.807) is 4.90 Å². The van der Waals surface area contributed by atoms with Crippen molar-refractivity contribution in [3.05, 3.63) is 0 Å². The van der Waals surface area contributed by atoms with Crippen molar-refractivity contribution >= 4 is 15.7 Å². The first-order valence-electron chi connectivity index (χ1n) is 7.12. The third-order valence-electron chi connectivity index (χ3n) is 4.32. The van der Waals surface area contributed by atoms with Gasteiger partial charge in [0.2, 0.25) is 5.91 Å². The molecule has 0 aliphatic carbocycles. The summed E-state index contributed by atoms with van der Waals surface area (Å²) in [5, 5.41) is 0. The molecule has 2 rings (SSSR count). The second-order valence-electron chi connectivity index (χ2n) is 5.42. The maximum absolute atomic E-state index is 12.3. The van der Waals surface area contributed by atoms with Crippen LogP contribution in [0.1, 0.15) is 20.3 Å². The molecule has 0 radical (unpaired) electrons. The summed E-state index contributed by atoms with van der Waals surface area (Å²) in [4.78, 5) is 13.4. The first-order chi connectivity index (χ1) is 9.47. The average Bonchev–Trinajstić information content (AvgIpc) is 2.62. The van der Waals surface area contributed by atoms with Crippen molar-refractivity contribution in [3.63, 3.8) is 0 Å². The summed E-state index contributed by atoms with van der Waals surface area (Å²) in [5.74, 6) is 0.0800. The molecule has 0 aromatic heterocycles. The molecule has 6 nitrogen and oxygen atoms in total. The number of hydrogen-bond donors (Lipinski definition) is 0. The van der Waals surface area contributed by atoms with Gasteiger partial charge in [0.15, 0.2) is 9.84 Å². The molecular formula is C13H23NO5S. The highest BCUT2D eigenvalue weighted by atomic mass is 32.2. The Balaban J connectivity index is 2.01. The van der Waals surface area contributed by atoms with E-state index in [1.807, 2.05) is 13.8 Å². The highest BCUT2D eigenvalue weighted by Crippen LogP contribution is 2.44. The summed E-state index contributed by atoms with van der Waals surface area (Å²) in [6.07, 6.45) is 0.635. The van der Waals surface area contributed by atoms with E-state index < -0.39 is 14.6 Å². The third kappa shape index (κ3) is 2.58. The number of likely N-dealkylation sites (tertiary alicyclic amines) is 1. The Morgan fingerprint density at radius 1 is 1.25 bits per heavy atom.